The Morgan fingerprint density at radius 2 is 2.00 bits per heavy atom. The number of rotatable bonds is 6. The Labute approximate surface area is 132 Å². The predicted octanol–water partition coefficient (Wildman–Crippen LogP) is 2.98. The van der Waals surface area contributed by atoms with Gasteiger partial charge in [-0.3, -0.25) is 0 Å². The second-order valence-electron chi connectivity index (χ2n) is 5.49. The molecule has 0 unspecified atom stereocenters. The molecule has 0 spiro atoms. The smallest absolute Gasteiger partial charge is 0.422 e. The first kappa shape index (κ1) is 17.4. The Balaban J connectivity index is 1.80. The quantitative estimate of drug-likeness (QED) is 0.839. The van der Waals surface area contributed by atoms with Crippen LogP contribution in [0.3, 0.4) is 0 Å². The Hall–Kier alpha value is -0.920. The molecule has 2 rings (SSSR count). The van der Waals surface area contributed by atoms with E-state index in [4.69, 9.17) is 4.74 Å². The fourth-order valence-electron chi connectivity index (χ4n) is 2.28. The van der Waals surface area contributed by atoms with Gasteiger partial charge in [0.05, 0.1) is 5.60 Å². The zero-order valence-electron chi connectivity index (χ0n) is 12.2. The van der Waals surface area contributed by atoms with Crippen LogP contribution in [0, 0.1) is 0 Å². The van der Waals surface area contributed by atoms with Gasteiger partial charge in [-0.25, -0.2) is 0 Å². The van der Waals surface area contributed by atoms with E-state index in [1.165, 1.54) is 6.07 Å². The van der Waals surface area contributed by atoms with E-state index in [0.29, 0.717) is 13.1 Å². The average Bonchev–Trinajstić information content (AvgIpc) is 2.45. The monoisotopic (exact) mass is 335 g/mol. The van der Waals surface area contributed by atoms with Crippen molar-refractivity contribution in [1.29, 1.82) is 0 Å². The summed E-state index contributed by atoms with van der Waals surface area (Å²) in [5.41, 5.74) is 0.156. The molecular weight excluding hydrogens is 315 g/mol. The van der Waals surface area contributed by atoms with Crippen molar-refractivity contribution in [2.24, 2.45) is 0 Å². The summed E-state index contributed by atoms with van der Waals surface area (Å²) in [6.07, 6.45) is -2.81. The number of halogens is 3. The zero-order chi connectivity index (χ0) is 16.1. The molecule has 0 aromatic heterocycles. The molecule has 1 aliphatic heterocycles. The van der Waals surface area contributed by atoms with Crippen LogP contribution < -0.4 is 10.1 Å². The van der Waals surface area contributed by atoms with Crippen LogP contribution >= 0.6 is 11.8 Å². The summed E-state index contributed by atoms with van der Waals surface area (Å²) in [4.78, 5) is 0. The summed E-state index contributed by atoms with van der Waals surface area (Å²) >= 11 is 1.84. The van der Waals surface area contributed by atoms with Crippen LogP contribution in [0.4, 0.5) is 13.2 Å². The van der Waals surface area contributed by atoms with Gasteiger partial charge in [0.2, 0.25) is 0 Å². The van der Waals surface area contributed by atoms with Crippen molar-refractivity contribution >= 4 is 11.8 Å². The van der Waals surface area contributed by atoms with Gasteiger partial charge in [0, 0.05) is 13.1 Å². The average molecular weight is 335 g/mol. The molecule has 7 heteroatoms. The van der Waals surface area contributed by atoms with Crippen molar-refractivity contribution in [3.63, 3.8) is 0 Å². The van der Waals surface area contributed by atoms with E-state index >= 15 is 0 Å². The topological polar surface area (TPSA) is 41.5 Å². The van der Waals surface area contributed by atoms with Gasteiger partial charge < -0.3 is 15.2 Å². The lowest BCUT2D eigenvalue weighted by Gasteiger charge is -2.32. The van der Waals surface area contributed by atoms with Crippen molar-refractivity contribution < 1.29 is 23.0 Å². The van der Waals surface area contributed by atoms with Gasteiger partial charge in [0.25, 0.3) is 0 Å². The van der Waals surface area contributed by atoms with Gasteiger partial charge in [-0.05, 0) is 42.0 Å². The normalized spacial score (nSPS) is 18.2. The largest absolute Gasteiger partial charge is 0.484 e. The molecule has 1 aromatic rings. The van der Waals surface area contributed by atoms with Crippen molar-refractivity contribution in [3.8, 4) is 5.75 Å². The van der Waals surface area contributed by atoms with E-state index in [1.807, 2.05) is 17.8 Å². The molecule has 1 heterocycles. The van der Waals surface area contributed by atoms with Gasteiger partial charge >= 0.3 is 6.18 Å². The molecule has 0 aliphatic carbocycles. The molecule has 22 heavy (non-hydrogen) atoms. The minimum atomic E-state index is -4.34. The van der Waals surface area contributed by atoms with Crippen molar-refractivity contribution in [2.75, 3.05) is 24.7 Å². The molecule has 3 nitrogen and oxygen atoms in total. The molecular formula is C15H20F3NO2S. The highest BCUT2D eigenvalue weighted by Crippen LogP contribution is 2.26. The zero-order valence-corrected chi connectivity index (χ0v) is 13.0. The standard InChI is InChI=1S/C15H20F3NO2S/c16-15(17,18)11-21-13-3-1-2-12(8-13)9-19-10-14(20)4-6-22-7-5-14/h1-3,8,19-20H,4-7,9-11H2. The summed E-state index contributed by atoms with van der Waals surface area (Å²) in [6.45, 7) is -0.318. The Kier molecular flexibility index (Phi) is 6.00. The first-order valence-electron chi connectivity index (χ1n) is 7.16. The summed E-state index contributed by atoms with van der Waals surface area (Å²) < 4.78 is 41.1. The molecule has 1 aliphatic rings. The number of benzene rings is 1. The highest BCUT2D eigenvalue weighted by Gasteiger charge is 2.29. The number of thioether (sulfide) groups is 1. The SMILES string of the molecule is OC1(CNCc2cccc(OCC(F)(F)F)c2)CCSCC1. The number of hydrogen-bond acceptors (Lipinski definition) is 4. The van der Waals surface area contributed by atoms with E-state index in [-0.39, 0.29) is 5.75 Å². The van der Waals surface area contributed by atoms with Gasteiger partial charge in [0.1, 0.15) is 5.75 Å². The van der Waals surface area contributed by atoms with Crippen LogP contribution in [-0.4, -0.2) is 41.5 Å². The van der Waals surface area contributed by atoms with E-state index in [9.17, 15) is 18.3 Å². The molecule has 0 saturated carbocycles. The lowest BCUT2D eigenvalue weighted by molar-refractivity contribution is -0.153. The second-order valence-corrected chi connectivity index (χ2v) is 6.72. The number of nitrogens with one attached hydrogen (secondary N) is 1. The molecule has 0 amide bonds. The van der Waals surface area contributed by atoms with E-state index in [1.54, 1.807) is 12.1 Å². The molecule has 0 radical (unpaired) electrons. The lowest BCUT2D eigenvalue weighted by Crippen LogP contribution is -2.43. The fourth-order valence-corrected chi connectivity index (χ4v) is 3.53. The molecule has 2 N–H and O–H groups in total. The Morgan fingerprint density at radius 3 is 2.68 bits per heavy atom. The molecule has 1 aromatic carbocycles. The van der Waals surface area contributed by atoms with E-state index in [0.717, 1.165) is 29.9 Å². The Morgan fingerprint density at radius 1 is 1.27 bits per heavy atom. The van der Waals surface area contributed by atoms with E-state index < -0.39 is 18.4 Å². The third-order valence-electron chi connectivity index (χ3n) is 3.51. The van der Waals surface area contributed by atoms with E-state index in [2.05, 4.69) is 5.32 Å². The maximum Gasteiger partial charge on any atom is 0.422 e. The van der Waals surface area contributed by atoms with Crippen LogP contribution in [0.15, 0.2) is 24.3 Å². The minimum Gasteiger partial charge on any atom is -0.484 e. The summed E-state index contributed by atoms with van der Waals surface area (Å²) in [5, 5.41) is 13.5. The van der Waals surface area contributed by atoms with Gasteiger partial charge in [-0.1, -0.05) is 12.1 Å². The van der Waals surface area contributed by atoms with Crippen molar-refractivity contribution in [2.45, 2.75) is 31.2 Å². The molecule has 0 bridgehead atoms. The predicted molar refractivity (Wildman–Crippen MR) is 81.2 cm³/mol. The van der Waals surface area contributed by atoms with Gasteiger partial charge in [0.15, 0.2) is 6.61 Å². The van der Waals surface area contributed by atoms with Gasteiger partial charge in [-0.2, -0.15) is 24.9 Å². The molecule has 1 fully saturated rings. The van der Waals surface area contributed by atoms with Crippen molar-refractivity contribution in [3.05, 3.63) is 29.8 Å². The first-order valence-corrected chi connectivity index (χ1v) is 8.31. The molecule has 0 atom stereocenters. The third-order valence-corrected chi connectivity index (χ3v) is 4.49. The summed E-state index contributed by atoms with van der Waals surface area (Å²) in [5.74, 6) is 2.11. The molecule has 1 saturated heterocycles. The Bertz CT molecular complexity index is 476. The van der Waals surface area contributed by atoms with Crippen LogP contribution in [-0.2, 0) is 6.54 Å². The summed E-state index contributed by atoms with van der Waals surface area (Å²) in [6, 6.07) is 6.56. The second kappa shape index (κ2) is 7.57. The lowest BCUT2D eigenvalue weighted by atomic mass is 9.97. The van der Waals surface area contributed by atoms with Gasteiger partial charge in [-0.15, -0.1) is 0 Å². The number of hydrogen-bond donors (Lipinski definition) is 2. The number of aliphatic hydroxyl groups is 1. The maximum absolute atomic E-state index is 12.1. The van der Waals surface area contributed by atoms with Crippen LogP contribution in [0.1, 0.15) is 18.4 Å². The summed E-state index contributed by atoms with van der Waals surface area (Å²) in [7, 11) is 0. The molecule has 124 valence electrons. The van der Waals surface area contributed by atoms with Crippen LogP contribution in [0.2, 0.25) is 0 Å². The first-order chi connectivity index (χ1) is 10.4. The maximum atomic E-state index is 12.1. The number of ether oxygens (including phenoxy) is 1. The number of alkyl halides is 3. The van der Waals surface area contributed by atoms with Crippen molar-refractivity contribution in [1.82, 2.24) is 5.32 Å². The van der Waals surface area contributed by atoms with Crippen LogP contribution in [0.25, 0.3) is 0 Å². The minimum absolute atomic E-state index is 0.199. The van der Waals surface area contributed by atoms with Crippen LogP contribution in [0.5, 0.6) is 5.75 Å². The third kappa shape index (κ3) is 6.06. The fraction of sp³-hybridized carbons (Fsp3) is 0.600. The highest BCUT2D eigenvalue weighted by molar-refractivity contribution is 7.99. The highest BCUT2D eigenvalue weighted by atomic mass is 32.2.